The lowest BCUT2D eigenvalue weighted by Gasteiger charge is -2.16. The summed E-state index contributed by atoms with van der Waals surface area (Å²) in [6, 6.07) is 16.5. The van der Waals surface area contributed by atoms with E-state index in [2.05, 4.69) is 22.6 Å². The smallest absolute Gasteiger partial charge is 0.338 e. The molecule has 19 heavy (non-hydrogen) atoms. The molecule has 0 aliphatic rings. The maximum Gasteiger partial charge on any atom is 0.338 e. The van der Waals surface area contributed by atoms with Crippen molar-refractivity contribution in [2.75, 3.05) is 4.43 Å². The van der Waals surface area contributed by atoms with Gasteiger partial charge in [0.1, 0.15) is 6.10 Å². The molecule has 0 heterocycles. The Morgan fingerprint density at radius 1 is 1.16 bits per heavy atom. The second-order valence-electron chi connectivity index (χ2n) is 3.97. The standard InChI is InChI=1S/C15H12ClIO2/c16-13-8-4-7-12(9-13)15(18)19-14(10-17)11-5-2-1-3-6-11/h1-9,14H,10H2. The highest BCUT2D eigenvalue weighted by atomic mass is 127. The van der Waals surface area contributed by atoms with Gasteiger partial charge in [-0.05, 0) is 23.8 Å². The van der Waals surface area contributed by atoms with E-state index in [0.717, 1.165) is 5.56 Å². The van der Waals surface area contributed by atoms with E-state index in [1.807, 2.05) is 30.3 Å². The van der Waals surface area contributed by atoms with E-state index in [1.54, 1.807) is 24.3 Å². The first-order valence-corrected chi connectivity index (χ1v) is 7.68. The molecule has 2 rings (SSSR count). The number of alkyl halides is 1. The predicted molar refractivity (Wildman–Crippen MR) is 84.9 cm³/mol. The van der Waals surface area contributed by atoms with Crippen LogP contribution < -0.4 is 0 Å². The summed E-state index contributed by atoms with van der Waals surface area (Å²) in [6.07, 6.45) is -0.242. The zero-order valence-electron chi connectivity index (χ0n) is 10.1. The molecule has 0 radical (unpaired) electrons. The molecular formula is C15H12ClIO2. The number of rotatable bonds is 4. The van der Waals surface area contributed by atoms with Crippen molar-refractivity contribution in [1.29, 1.82) is 0 Å². The molecule has 0 spiro atoms. The molecule has 1 unspecified atom stereocenters. The Hall–Kier alpha value is -1.07. The molecule has 0 amide bonds. The molecule has 0 aliphatic carbocycles. The molecule has 4 heteroatoms. The van der Waals surface area contributed by atoms with Crippen molar-refractivity contribution in [3.05, 3.63) is 70.7 Å². The zero-order valence-corrected chi connectivity index (χ0v) is 13.0. The number of hydrogen-bond donors (Lipinski definition) is 0. The quantitative estimate of drug-likeness (QED) is 0.433. The van der Waals surface area contributed by atoms with Crippen LogP contribution in [0.5, 0.6) is 0 Å². The first-order chi connectivity index (χ1) is 9.20. The van der Waals surface area contributed by atoms with E-state index in [1.165, 1.54) is 0 Å². The topological polar surface area (TPSA) is 26.3 Å². The second-order valence-corrected chi connectivity index (χ2v) is 5.29. The van der Waals surface area contributed by atoms with Gasteiger partial charge < -0.3 is 4.74 Å². The lowest BCUT2D eigenvalue weighted by Crippen LogP contribution is -2.12. The maximum atomic E-state index is 12.1. The van der Waals surface area contributed by atoms with E-state index in [0.29, 0.717) is 15.0 Å². The van der Waals surface area contributed by atoms with E-state index in [4.69, 9.17) is 16.3 Å². The van der Waals surface area contributed by atoms with Gasteiger partial charge in [-0.15, -0.1) is 0 Å². The largest absolute Gasteiger partial charge is 0.453 e. The molecule has 0 saturated heterocycles. The van der Waals surface area contributed by atoms with Crippen LogP contribution in [-0.2, 0) is 4.74 Å². The third kappa shape index (κ3) is 3.94. The summed E-state index contributed by atoms with van der Waals surface area (Å²) in [7, 11) is 0. The van der Waals surface area contributed by atoms with Crippen molar-refractivity contribution in [3.8, 4) is 0 Å². The fourth-order valence-corrected chi connectivity index (χ4v) is 2.55. The number of hydrogen-bond acceptors (Lipinski definition) is 2. The Kier molecular flexibility index (Phi) is 5.22. The van der Waals surface area contributed by atoms with Gasteiger partial charge in [0, 0.05) is 9.45 Å². The number of carbonyl (C=O) groups excluding carboxylic acids is 1. The van der Waals surface area contributed by atoms with Crippen molar-refractivity contribution in [2.45, 2.75) is 6.10 Å². The van der Waals surface area contributed by atoms with Crippen LogP contribution in [-0.4, -0.2) is 10.4 Å². The second kappa shape index (κ2) is 6.91. The van der Waals surface area contributed by atoms with Crippen molar-refractivity contribution in [1.82, 2.24) is 0 Å². The zero-order chi connectivity index (χ0) is 13.7. The lowest BCUT2D eigenvalue weighted by atomic mass is 10.1. The van der Waals surface area contributed by atoms with Crippen LogP contribution in [0.1, 0.15) is 22.0 Å². The monoisotopic (exact) mass is 386 g/mol. The highest BCUT2D eigenvalue weighted by molar-refractivity contribution is 14.1. The van der Waals surface area contributed by atoms with Gasteiger partial charge in [0.2, 0.25) is 0 Å². The van der Waals surface area contributed by atoms with E-state index < -0.39 is 0 Å². The molecule has 0 aliphatic heterocycles. The minimum absolute atomic E-state index is 0.242. The van der Waals surface area contributed by atoms with Crippen LogP contribution in [0.4, 0.5) is 0 Å². The summed E-state index contributed by atoms with van der Waals surface area (Å²) < 4.78 is 6.22. The third-order valence-corrected chi connectivity index (χ3v) is 3.66. The van der Waals surface area contributed by atoms with Gasteiger partial charge in [-0.25, -0.2) is 4.79 Å². The average Bonchev–Trinajstić information content (AvgIpc) is 2.45. The number of halogens is 2. The summed E-state index contributed by atoms with van der Waals surface area (Å²) in [5, 5.41) is 0.528. The first-order valence-electron chi connectivity index (χ1n) is 5.78. The Morgan fingerprint density at radius 3 is 2.53 bits per heavy atom. The summed E-state index contributed by atoms with van der Waals surface area (Å²) in [5.74, 6) is -0.354. The molecule has 0 fully saturated rings. The minimum Gasteiger partial charge on any atom is -0.453 e. The van der Waals surface area contributed by atoms with Crippen molar-refractivity contribution < 1.29 is 9.53 Å². The number of carbonyl (C=O) groups is 1. The van der Waals surface area contributed by atoms with Crippen LogP contribution >= 0.6 is 34.2 Å². The van der Waals surface area contributed by atoms with Gasteiger partial charge in [0.25, 0.3) is 0 Å². The molecule has 98 valence electrons. The van der Waals surface area contributed by atoms with Crippen molar-refractivity contribution >= 4 is 40.2 Å². The van der Waals surface area contributed by atoms with Gasteiger partial charge in [0.05, 0.1) is 5.56 Å². The minimum atomic E-state index is -0.354. The van der Waals surface area contributed by atoms with Crippen LogP contribution in [0.15, 0.2) is 54.6 Å². The van der Waals surface area contributed by atoms with Gasteiger partial charge >= 0.3 is 5.97 Å². The van der Waals surface area contributed by atoms with E-state index in [9.17, 15) is 4.79 Å². The Bertz CT molecular complexity index is 557. The Balaban J connectivity index is 2.13. The van der Waals surface area contributed by atoms with Crippen LogP contribution in [0.2, 0.25) is 5.02 Å². The summed E-state index contributed by atoms with van der Waals surface area (Å²) >= 11 is 8.08. The first kappa shape index (κ1) is 14.3. The maximum absolute atomic E-state index is 12.1. The van der Waals surface area contributed by atoms with Gasteiger partial charge in [-0.3, -0.25) is 0 Å². The van der Waals surface area contributed by atoms with Crippen LogP contribution in [0.25, 0.3) is 0 Å². The van der Waals surface area contributed by atoms with Crippen LogP contribution in [0, 0.1) is 0 Å². The van der Waals surface area contributed by atoms with Gasteiger partial charge in [-0.1, -0.05) is 70.6 Å². The number of benzene rings is 2. The molecule has 0 N–H and O–H groups in total. The number of ether oxygens (including phenoxy) is 1. The average molecular weight is 387 g/mol. The van der Waals surface area contributed by atoms with Gasteiger partial charge in [0.15, 0.2) is 0 Å². The predicted octanol–water partition coefficient (Wildman–Crippen LogP) is 4.67. The molecular weight excluding hydrogens is 375 g/mol. The lowest BCUT2D eigenvalue weighted by molar-refractivity contribution is 0.0353. The fourth-order valence-electron chi connectivity index (χ4n) is 1.67. The highest BCUT2D eigenvalue weighted by Crippen LogP contribution is 2.22. The molecule has 0 bridgehead atoms. The Morgan fingerprint density at radius 2 is 1.89 bits per heavy atom. The third-order valence-electron chi connectivity index (χ3n) is 2.62. The summed E-state index contributed by atoms with van der Waals surface area (Å²) in [6.45, 7) is 0. The summed E-state index contributed by atoms with van der Waals surface area (Å²) in [4.78, 5) is 12.1. The van der Waals surface area contributed by atoms with Crippen molar-refractivity contribution in [3.63, 3.8) is 0 Å². The van der Waals surface area contributed by atoms with E-state index in [-0.39, 0.29) is 12.1 Å². The van der Waals surface area contributed by atoms with Gasteiger partial charge in [-0.2, -0.15) is 0 Å². The van der Waals surface area contributed by atoms with Crippen molar-refractivity contribution in [2.24, 2.45) is 0 Å². The number of esters is 1. The molecule has 1 atom stereocenters. The molecule has 2 aromatic rings. The van der Waals surface area contributed by atoms with E-state index >= 15 is 0 Å². The SMILES string of the molecule is O=C(OC(CI)c1ccccc1)c1cccc(Cl)c1. The molecule has 0 saturated carbocycles. The normalized spacial score (nSPS) is 11.9. The molecule has 2 nitrogen and oxygen atoms in total. The Labute approximate surface area is 130 Å². The highest BCUT2D eigenvalue weighted by Gasteiger charge is 2.16. The molecule has 2 aromatic carbocycles. The summed E-state index contributed by atoms with van der Waals surface area (Å²) in [5.41, 5.74) is 1.46. The van der Waals surface area contributed by atoms with Crippen LogP contribution in [0.3, 0.4) is 0 Å². The molecule has 0 aromatic heterocycles. The fraction of sp³-hybridized carbons (Fsp3) is 0.133.